The minimum Gasteiger partial charge on any atom is -0.504 e. The van der Waals surface area contributed by atoms with E-state index in [-0.39, 0.29) is 11.7 Å². The molecule has 0 fully saturated rings. The molecule has 2 rings (SSSR count). The first kappa shape index (κ1) is 18.0. The van der Waals surface area contributed by atoms with Crippen LogP contribution in [0.25, 0.3) is 0 Å². The van der Waals surface area contributed by atoms with Crippen molar-refractivity contribution in [2.45, 2.75) is 13.3 Å². The van der Waals surface area contributed by atoms with Gasteiger partial charge in [0.1, 0.15) is 0 Å². The molecule has 0 saturated carbocycles. The van der Waals surface area contributed by atoms with Gasteiger partial charge in [-0.2, -0.15) is 5.10 Å². The molecular weight excluding hydrogens is 322 g/mol. The fourth-order valence-electron chi connectivity index (χ4n) is 1.99. The van der Waals surface area contributed by atoms with E-state index in [1.165, 1.54) is 13.3 Å². The monoisotopic (exact) mass is 341 g/mol. The summed E-state index contributed by atoms with van der Waals surface area (Å²) in [6.45, 7) is 1.76. The number of para-hydroxylation sites is 1. The molecule has 7 heteroatoms. The van der Waals surface area contributed by atoms with Crippen molar-refractivity contribution in [3.8, 4) is 11.5 Å². The fourth-order valence-corrected chi connectivity index (χ4v) is 1.99. The Morgan fingerprint density at radius 3 is 2.56 bits per heavy atom. The van der Waals surface area contributed by atoms with Crippen molar-refractivity contribution >= 4 is 23.7 Å². The molecule has 0 unspecified atom stereocenters. The molecule has 25 heavy (non-hydrogen) atoms. The van der Waals surface area contributed by atoms with E-state index in [4.69, 9.17) is 4.74 Å². The fraction of sp³-hybridized carbons (Fsp3) is 0.167. The van der Waals surface area contributed by atoms with E-state index in [1.54, 1.807) is 49.4 Å². The van der Waals surface area contributed by atoms with Crippen molar-refractivity contribution < 1.29 is 19.4 Å². The second-order valence-electron chi connectivity index (χ2n) is 5.08. The van der Waals surface area contributed by atoms with E-state index in [1.807, 2.05) is 0 Å². The summed E-state index contributed by atoms with van der Waals surface area (Å²) in [7, 11) is 1.45. The molecule has 2 amide bonds. The number of nitrogens with zero attached hydrogens (tertiary/aromatic N) is 1. The molecule has 130 valence electrons. The number of carbonyl (C=O) groups is 2. The highest BCUT2D eigenvalue weighted by Crippen LogP contribution is 2.27. The molecule has 7 nitrogen and oxygen atoms in total. The number of hydrazone groups is 1. The maximum Gasteiger partial charge on any atom is 0.271 e. The highest BCUT2D eigenvalue weighted by Gasteiger charge is 2.07. The first-order chi connectivity index (χ1) is 12.0. The molecule has 0 saturated heterocycles. The van der Waals surface area contributed by atoms with Crippen LogP contribution in [0.3, 0.4) is 0 Å². The third-order valence-corrected chi connectivity index (χ3v) is 3.37. The molecule has 0 aromatic heterocycles. The molecule has 3 N–H and O–H groups in total. The van der Waals surface area contributed by atoms with Crippen LogP contribution in [0.5, 0.6) is 11.5 Å². The molecule has 0 radical (unpaired) electrons. The maximum atomic E-state index is 12.0. The number of hydrogen-bond donors (Lipinski definition) is 3. The Bertz CT molecular complexity index is 785. The normalized spacial score (nSPS) is 10.5. The van der Waals surface area contributed by atoms with E-state index in [0.29, 0.717) is 29.0 Å². The highest BCUT2D eigenvalue weighted by atomic mass is 16.5. The van der Waals surface area contributed by atoms with Gasteiger partial charge in [-0.3, -0.25) is 9.59 Å². The van der Waals surface area contributed by atoms with E-state index < -0.39 is 5.91 Å². The average Bonchev–Trinajstić information content (AvgIpc) is 2.63. The first-order valence-electron chi connectivity index (χ1n) is 7.64. The van der Waals surface area contributed by atoms with Gasteiger partial charge in [-0.05, 0) is 36.4 Å². The van der Waals surface area contributed by atoms with Crippen LogP contribution in [-0.4, -0.2) is 30.2 Å². The lowest BCUT2D eigenvalue weighted by molar-refractivity contribution is -0.115. The van der Waals surface area contributed by atoms with Gasteiger partial charge < -0.3 is 15.2 Å². The third-order valence-electron chi connectivity index (χ3n) is 3.37. The van der Waals surface area contributed by atoms with Gasteiger partial charge in [-0.1, -0.05) is 13.0 Å². The predicted molar refractivity (Wildman–Crippen MR) is 95.1 cm³/mol. The van der Waals surface area contributed by atoms with Gasteiger partial charge in [0, 0.05) is 23.2 Å². The second kappa shape index (κ2) is 8.49. The Morgan fingerprint density at radius 1 is 1.20 bits per heavy atom. The van der Waals surface area contributed by atoms with Crippen molar-refractivity contribution in [2.75, 3.05) is 12.4 Å². The zero-order valence-electron chi connectivity index (χ0n) is 13.9. The van der Waals surface area contributed by atoms with Crippen LogP contribution in [0.1, 0.15) is 29.3 Å². The standard InChI is InChI=1S/C18H19N3O4/c1-3-16(22)20-14-9-7-12(8-10-14)18(24)21-19-11-13-5-4-6-15(25-2)17(13)23/h4-11,23H,3H2,1-2H3,(H,20,22)(H,21,24)/b19-11-. The molecular formula is C18H19N3O4. The molecule has 0 atom stereocenters. The van der Waals surface area contributed by atoms with E-state index in [0.717, 1.165) is 0 Å². The Hall–Kier alpha value is -3.35. The number of aromatic hydroxyl groups is 1. The van der Waals surface area contributed by atoms with Gasteiger partial charge in [0.25, 0.3) is 5.91 Å². The topological polar surface area (TPSA) is 100 Å². The van der Waals surface area contributed by atoms with Crippen molar-refractivity contribution in [2.24, 2.45) is 5.10 Å². The van der Waals surface area contributed by atoms with Crippen LogP contribution in [0.4, 0.5) is 5.69 Å². The average molecular weight is 341 g/mol. The number of ether oxygens (including phenoxy) is 1. The van der Waals surface area contributed by atoms with Gasteiger partial charge in [-0.15, -0.1) is 0 Å². The summed E-state index contributed by atoms with van der Waals surface area (Å²) in [6.07, 6.45) is 1.71. The maximum absolute atomic E-state index is 12.0. The summed E-state index contributed by atoms with van der Waals surface area (Å²) < 4.78 is 5.00. The summed E-state index contributed by atoms with van der Waals surface area (Å²) in [4.78, 5) is 23.3. The minimum absolute atomic E-state index is 0.0565. The molecule has 2 aromatic carbocycles. The summed E-state index contributed by atoms with van der Waals surface area (Å²) in [5, 5.41) is 16.5. The van der Waals surface area contributed by atoms with E-state index in [2.05, 4.69) is 15.8 Å². The van der Waals surface area contributed by atoms with Crippen molar-refractivity contribution in [1.82, 2.24) is 5.43 Å². The van der Waals surface area contributed by atoms with Crippen LogP contribution >= 0.6 is 0 Å². The lowest BCUT2D eigenvalue weighted by Gasteiger charge is -2.06. The van der Waals surface area contributed by atoms with Crippen LogP contribution in [-0.2, 0) is 4.79 Å². The number of methoxy groups -OCH3 is 1. The van der Waals surface area contributed by atoms with Crippen molar-refractivity contribution in [1.29, 1.82) is 0 Å². The van der Waals surface area contributed by atoms with Crippen LogP contribution in [0.15, 0.2) is 47.6 Å². The molecule has 0 spiro atoms. The molecule has 0 aliphatic rings. The Morgan fingerprint density at radius 2 is 1.92 bits per heavy atom. The van der Waals surface area contributed by atoms with E-state index >= 15 is 0 Å². The lowest BCUT2D eigenvalue weighted by Crippen LogP contribution is -2.17. The predicted octanol–water partition coefficient (Wildman–Crippen LogP) is 2.51. The summed E-state index contributed by atoms with van der Waals surface area (Å²) in [5.74, 6) is -0.245. The van der Waals surface area contributed by atoms with E-state index in [9.17, 15) is 14.7 Å². The zero-order valence-corrected chi connectivity index (χ0v) is 13.9. The number of rotatable bonds is 6. The van der Waals surface area contributed by atoms with Crippen molar-refractivity contribution in [3.05, 3.63) is 53.6 Å². The molecule has 2 aromatic rings. The zero-order chi connectivity index (χ0) is 18.2. The van der Waals surface area contributed by atoms with Gasteiger partial charge in [0.05, 0.1) is 13.3 Å². The number of hydrogen-bond acceptors (Lipinski definition) is 5. The highest BCUT2D eigenvalue weighted by molar-refractivity contribution is 5.96. The van der Waals surface area contributed by atoms with Gasteiger partial charge >= 0.3 is 0 Å². The van der Waals surface area contributed by atoms with Gasteiger partial charge in [-0.25, -0.2) is 5.43 Å². The number of amides is 2. The summed E-state index contributed by atoms with van der Waals surface area (Å²) in [6, 6.07) is 11.4. The summed E-state index contributed by atoms with van der Waals surface area (Å²) >= 11 is 0. The number of nitrogens with one attached hydrogen (secondary N) is 2. The number of benzene rings is 2. The minimum atomic E-state index is -0.410. The quantitative estimate of drug-likeness (QED) is 0.555. The smallest absolute Gasteiger partial charge is 0.271 e. The Kier molecular flexibility index (Phi) is 6.11. The molecule has 0 heterocycles. The van der Waals surface area contributed by atoms with Gasteiger partial charge in [0.2, 0.25) is 5.91 Å². The number of carbonyl (C=O) groups excluding carboxylic acids is 2. The Balaban J connectivity index is 1.99. The SMILES string of the molecule is CCC(=O)Nc1ccc(C(=O)N/N=C\c2cccc(OC)c2O)cc1. The number of phenolic OH excluding ortho intramolecular Hbond substituents is 1. The molecule has 0 bridgehead atoms. The largest absolute Gasteiger partial charge is 0.504 e. The Labute approximate surface area is 145 Å². The second-order valence-corrected chi connectivity index (χ2v) is 5.08. The van der Waals surface area contributed by atoms with Crippen molar-refractivity contribution in [3.63, 3.8) is 0 Å². The first-order valence-corrected chi connectivity index (χ1v) is 7.64. The number of phenols is 1. The summed E-state index contributed by atoms with van der Waals surface area (Å²) in [5.41, 5.74) is 3.80. The van der Waals surface area contributed by atoms with Crippen LogP contribution in [0, 0.1) is 0 Å². The number of anilines is 1. The van der Waals surface area contributed by atoms with Crippen LogP contribution in [0.2, 0.25) is 0 Å². The molecule has 0 aliphatic carbocycles. The van der Waals surface area contributed by atoms with Gasteiger partial charge in [0.15, 0.2) is 11.5 Å². The third kappa shape index (κ3) is 4.81. The molecule has 0 aliphatic heterocycles. The van der Waals surface area contributed by atoms with Crippen LogP contribution < -0.4 is 15.5 Å². The lowest BCUT2D eigenvalue weighted by atomic mass is 10.2.